The Morgan fingerprint density at radius 3 is 2.63 bits per heavy atom. The molecular formula is C11H16N6O2. The van der Waals surface area contributed by atoms with Gasteiger partial charge in [-0.2, -0.15) is 0 Å². The highest BCUT2D eigenvalue weighted by Crippen LogP contribution is 2.28. The summed E-state index contributed by atoms with van der Waals surface area (Å²) in [4.78, 5) is 12.3. The van der Waals surface area contributed by atoms with Gasteiger partial charge in [0.2, 0.25) is 11.6 Å². The van der Waals surface area contributed by atoms with Gasteiger partial charge in [-0.1, -0.05) is 0 Å². The molecule has 0 saturated carbocycles. The van der Waals surface area contributed by atoms with Gasteiger partial charge in [-0.25, -0.2) is 20.8 Å². The van der Waals surface area contributed by atoms with E-state index in [0.29, 0.717) is 29.8 Å². The summed E-state index contributed by atoms with van der Waals surface area (Å²) in [6.07, 6.45) is 1.38. The average molecular weight is 264 g/mol. The van der Waals surface area contributed by atoms with E-state index in [0.717, 1.165) is 11.5 Å². The molecule has 0 spiro atoms. The first-order valence-electron chi connectivity index (χ1n) is 5.68. The SMILES string of the molecule is COc1c(NN)ncnc1NCc1nc(C)c(C)o1. The Kier molecular flexibility index (Phi) is 3.81. The summed E-state index contributed by atoms with van der Waals surface area (Å²) < 4.78 is 10.7. The van der Waals surface area contributed by atoms with E-state index < -0.39 is 0 Å². The number of oxazole rings is 1. The van der Waals surface area contributed by atoms with Crippen LogP contribution in [0.15, 0.2) is 10.7 Å². The van der Waals surface area contributed by atoms with Crippen molar-refractivity contribution in [3.63, 3.8) is 0 Å². The third kappa shape index (κ3) is 2.74. The molecule has 2 aromatic rings. The molecule has 8 nitrogen and oxygen atoms in total. The van der Waals surface area contributed by atoms with Crippen LogP contribution in [-0.2, 0) is 6.54 Å². The number of hydrazine groups is 1. The quantitative estimate of drug-likeness (QED) is 0.541. The highest BCUT2D eigenvalue weighted by atomic mass is 16.5. The summed E-state index contributed by atoms with van der Waals surface area (Å²) in [5.74, 6) is 8.08. The number of ether oxygens (including phenoxy) is 1. The monoisotopic (exact) mass is 264 g/mol. The second-order valence-corrected chi connectivity index (χ2v) is 3.85. The Morgan fingerprint density at radius 1 is 1.32 bits per heavy atom. The van der Waals surface area contributed by atoms with E-state index >= 15 is 0 Å². The van der Waals surface area contributed by atoms with Gasteiger partial charge < -0.3 is 19.9 Å². The fraction of sp³-hybridized carbons (Fsp3) is 0.364. The normalized spacial score (nSPS) is 10.3. The van der Waals surface area contributed by atoms with Crippen molar-refractivity contribution in [2.24, 2.45) is 5.84 Å². The predicted molar refractivity (Wildman–Crippen MR) is 69.7 cm³/mol. The molecule has 0 bridgehead atoms. The molecule has 0 radical (unpaired) electrons. The van der Waals surface area contributed by atoms with Crippen LogP contribution in [0.2, 0.25) is 0 Å². The first-order chi connectivity index (χ1) is 9.15. The van der Waals surface area contributed by atoms with Crippen LogP contribution in [0.3, 0.4) is 0 Å². The van der Waals surface area contributed by atoms with E-state index in [1.807, 2.05) is 13.8 Å². The molecule has 0 aliphatic carbocycles. The van der Waals surface area contributed by atoms with Crippen LogP contribution in [0, 0.1) is 13.8 Å². The standard InChI is InChI=1S/C11H16N6O2/c1-6-7(2)19-8(16-6)4-13-10-9(18-3)11(17-12)15-5-14-10/h5H,4,12H2,1-3H3,(H2,13,14,15,17). The lowest BCUT2D eigenvalue weighted by Gasteiger charge is -2.11. The van der Waals surface area contributed by atoms with Crippen molar-refractivity contribution in [1.82, 2.24) is 15.0 Å². The first-order valence-corrected chi connectivity index (χ1v) is 5.68. The summed E-state index contributed by atoms with van der Waals surface area (Å²) in [7, 11) is 1.52. The number of anilines is 2. The minimum atomic E-state index is 0.395. The summed E-state index contributed by atoms with van der Waals surface area (Å²) in [6, 6.07) is 0. The van der Waals surface area contributed by atoms with Crippen LogP contribution in [-0.4, -0.2) is 22.1 Å². The molecule has 4 N–H and O–H groups in total. The van der Waals surface area contributed by atoms with Crippen LogP contribution in [0.5, 0.6) is 5.75 Å². The summed E-state index contributed by atoms with van der Waals surface area (Å²) in [5.41, 5.74) is 3.31. The van der Waals surface area contributed by atoms with Gasteiger partial charge in [-0.05, 0) is 13.8 Å². The van der Waals surface area contributed by atoms with Gasteiger partial charge in [0.25, 0.3) is 0 Å². The zero-order valence-electron chi connectivity index (χ0n) is 11.0. The predicted octanol–water partition coefficient (Wildman–Crippen LogP) is 0.988. The Morgan fingerprint density at radius 2 is 2.05 bits per heavy atom. The second-order valence-electron chi connectivity index (χ2n) is 3.85. The third-order valence-electron chi connectivity index (χ3n) is 2.62. The van der Waals surface area contributed by atoms with Crippen molar-refractivity contribution in [2.45, 2.75) is 20.4 Å². The Bertz CT molecular complexity index is 549. The smallest absolute Gasteiger partial charge is 0.213 e. The first kappa shape index (κ1) is 13.1. The Balaban J connectivity index is 2.15. The van der Waals surface area contributed by atoms with Gasteiger partial charge in [-0.15, -0.1) is 0 Å². The van der Waals surface area contributed by atoms with Crippen LogP contribution in [0.4, 0.5) is 11.6 Å². The summed E-state index contributed by atoms with van der Waals surface area (Å²) in [6.45, 7) is 4.16. The zero-order valence-corrected chi connectivity index (χ0v) is 11.0. The molecule has 2 aromatic heterocycles. The highest BCUT2D eigenvalue weighted by Gasteiger charge is 2.12. The third-order valence-corrected chi connectivity index (χ3v) is 2.62. The van der Waals surface area contributed by atoms with E-state index in [-0.39, 0.29) is 0 Å². The summed E-state index contributed by atoms with van der Waals surface area (Å²) >= 11 is 0. The number of nitrogens with one attached hydrogen (secondary N) is 2. The van der Waals surface area contributed by atoms with E-state index in [2.05, 4.69) is 25.7 Å². The molecule has 0 aliphatic rings. The molecule has 0 amide bonds. The molecule has 0 aliphatic heterocycles. The summed E-state index contributed by atoms with van der Waals surface area (Å²) in [5, 5.41) is 3.07. The minimum Gasteiger partial charge on any atom is -0.490 e. The van der Waals surface area contributed by atoms with Crippen LogP contribution in [0.1, 0.15) is 17.3 Å². The molecule has 19 heavy (non-hydrogen) atoms. The number of aromatic nitrogens is 3. The van der Waals surface area contributed by atoms with E-state index in [1.165, 1.54) is 13.4 Å². The number of nitrogens with zero attached hydrogens (tertiary/aromatic N) is 3. The molecular weight excluding hydrogens is 248 g/mol. The number of hydrogen-bond acceptors (Lipinski definition) is 8. The van der Waals surface area contributed by atoms with E-state index in [1.54, 1.807) is 0 Å². The van der Waals surface area contributed by atoms with Gasteiger partial charge in [0, 0.05) is 0 Å². The van der Waals surface area contributed by atoms with E-state index in [4.69, 9.17) is 15.0 Å². The fourth-order valence-corrected chi connectivity index (χ4v) is 1.57. The lowest BCUT2D eigenvalue weighted by atomic mass is 10.4. The topological polar surface area (TPSA) is 111 Å². The number of aryl methyl sites for hydroxylation is 2. The molecule has 2 heterocycles. The molecule has 102 valence electrons. The highest BCUT2D eigenvalue weighted by molar-refractivity contribution is 5.62. The van der Waals surface area contributed by atoms with Crippen molar-refractivity contribution in [3.05, 3.63) is 23.7 Å². The molecule has 0 unspecified atom stereocenters. The lowest BCUT2D eigenvalue weighted by Crippen LogP contribution is -2.12. The van der Waals surface area contributed by atoms with Crippen LogP contribution in [0.25, 0.3) is 0 Å². The molecule has 0 fully saturated rings. The van der Waals surface area contributed by atoms with Gasteiger partial charge in [-0.3, -0.25) is 0 Å². The maximum Gasteiger partial charge on any atom is 0.213 e. The maximum atomic E-state index is 5.47. The van der Waals surface area contributed by atoms with Crippen molar-refractivity contribution in [3.8, 4) is 5.75 Å². The van der Waals surface area contributed by atoms with Crippen molar-refractivity contribution in [2.75, 3.05) is 17.9 Å². The number of hydrogen-bond donors (Lipinski definition) is 3. The number of rotatable bonds is 5. The number of nitrogens with two attached hydrogens (primary N) is 1. The van der Waals surface area contributed by atoms with Crippen LogP contribution >= 0.6 is 0 Å². The number of nitrogen functional groups attached to an aromatic ring is 1. The Labute approximate surface area is 110 Å². The average Bonchev–Trinajstić information content (AvgIpc) is 2.74. The van der Waals surface area contributed by atoms with Gasteiger partial charge in [0.05, 0.1) is 19.3 Å². The zero-order chi connectivity index (χ0) is 13.8. The molecule has 0 aromatic carbocycles. The van der Waals surface area contributed by atoms with Gasteiger partial charge >= 0.3 is 0 Å². The largest absolute Gasteiger partial charge is 0.490 e. The lowest BCUT2D eigenvalue weighted by molar-refractivity contribution is 0.414. The molecule has 2 rings (SSSR count). The van der Waals surface area contributed by atoms with Crippen molar-refractivity contribution in [1.29, 1.82) is 0 Å². The van der Waals surface area contributed by atoms with Gasteiger partial charge in [0.15, 0.2) is 11.6 Å². The Hall–Kier alpha value is -2.35. The molecule has 0 atom stereocenters. The van der Waals surface area contributed by atoms with Gasteiger partial charge in [0.1, 0.15) is 12.1 Å². The van der Waals surface area contributed by atoms with Crippen molar-refractivity contribution < 1.29 is 9.15 Å². The second kappa shape index (κ2) is 5.53. The molecule has 0 saturated heterocycles. The molecule has 8 heteroatoms. The minimum absolute atomic E-state index is 0.395. The fourth-order valence-electron chi connectivity index (χ4n) is 1.57. The number of methoxy groups -OCH3 is 1. The van der Waals surface area contributed by atoms with Crippen molar-refractivity contribution >= 4 is 11.6 Å². The maximum absolute atomic E-state index is 5.47. The van der Waals surface area contributed by atoms with E-state index in [9.17, 15) is 0 Å². The van der Waals surface area contributed by atoms with Crippen LogP contribution < -0.4 is 21.3 Å².